The van der Waals surface area contributed by atoms with E-state index in [9.17, 15) is 4.39 Å². The van der Waals surface area contributed by atoms with Crippen molar-refractivity contribution in [3.05, 3.63) is 28.5 Å². The Kier molecular flexibility index (Phi) is 5.22. The molecule has 0 spiro atoms. The number of nitrogens with zero attached hydrogens (tertiary/aromatic N) is 1. The average Bonchev–Trinajstić information content (AvgIpc) is 2.57. The molecule has 1 heterocycles. The topological polar surface area (TPSA) is 15.3 Å². The Labute approximate surface area is 123 Å². The van der Waals surface area contributed by atoms with Crippen molar-refractivity contribution < 1.29 is 4.39 Å². The maximum absolute atomic E-state index is 13.4. The van der Waals surface area contributed by atoms with Gasteiger partial charge in [-0.15, -0.1) is 0 Å². The van der Waals surface area contributed by atoms with E-state index in [-0.39, 0.29) is 5.82 Å². The minimum atomic E-state index is -0.171. The molecule has 1 N–H and O–H groups in total. The Hall–Kier alpha value is -0.610. The molecule has 0 aromatic heterocycles. The van der Waals surface area contributed by atoms with Crippen molar-refractivity contribution in [3.63, 3.8) is 0 Å². The molecule has 1 aromatic carbocycles. The molecule has 0 amide bonds. The predicted octanol–water partition coefficient (Wildman–Crippen LogP) is 3.80. The number of hydrogen-bond acceptors (Lipinski definition) is 2. The lowest BCUT2D eigenvalue weighted by molar-refractivity contribution is 0.436. The van der Waals surface area contributed by atoms with Crippen molar-refractivity contribution in [2.24, 2.45) is 5.92 Å². The molecule has 1 fully saturated rings. The second-order valence-electron chi connectivity index (χ2n) is 5.68. The van der Waals surface area contributed by atoms with Crippen LogP contribution >= 0.6 is 15.9 Å². The standard InChI is InChI=1S/C15H22BrFN2/c1-11(2)8-13-10-19(7-3-6-18-13)15-9-12(17)4-5-14(15)16/h4-5,9,11,13,18H,3,6-8,10H2,1-2H3. The zero-order chi connectivity index (χ0) is 13.8. The van der Waals surface area contributed by atoms with Crippen LogP contribution in [0.3, 0.4) is 0 Å². The Bertz CT molecular complexity index is 423. The molecule has 2 rings (SSSR count). The lowest BCUT2D eigenvalue weighted by atomic mass is 10.0. The molecule has 4 heteroatoms. The highest BCUT2D eigenvalue weighted by Gasteiger charge is 2.20. The van der Waals surface area contributed by atoms with Crippen LogP contribution in [0.15, 0.2) is 22.7 Å². The summed E-state index contributed by atoms with van der Waals surface area (Å²) in [5.41, 5.74) is 0.970. The number of halogens is 2. The van der Waals surface area contributed by atoms with Crippen LogP contribution in [0.2, 0.25) is 0 Å². The van der Waals surface area contributed by atoms with E-state index in [2.05, 4.69) is 40.0 Å². The van der Waals surface area contributed by atoms with Crippen LogP contribution in [0.1, 0.15) is 26.7 Å². The molecule has 1 saturated heterocycles. The number of hydrogen-bond donors (Lipinski definition) is 1. The highest BCUT2D eigenvalue weighted by molar-refractivity contribution is 9.10. The summed E-state index contributed by atoms with van der Waals surface area (Å²) in [6, 6.07) is 5.40. The van der Waals surface area contributed by atoms with Gasteiger partial charge in [0.05, 0.1) is 5.69 Å². The minimum absolute atomic E-state index is 0.171. The van der Waals surface area contributed by atoms with Gasteiger partial charge in [0.1, 0.15) is 5.82 Å². The number of benzene rings is 1. The molecule has 0 saturated carbocycles. The van der Waals surface area contributed by atoms with Gasteiger partial charge in [-0.3, -0.25) is 0 Å². The molecule has 0 radical (unpaired) electrons. The third-order valence-corrected chi connectivity index (χ3v) is 4.15. The third kappa shape index (κ3) is 4.18. The Morgan fingerprint density at radius 1 is 1.47 bits per heavy atom. The van der Waals surface area contributed by atoms with E-state index >= 15 is 0 Å². The summed E-state index contributed by atoms with van der Waals surface area (Å²) in [6.07, 6.45) is 2.25. The fourth-order valence-corrected chi connectivity index (χ4v) is 3.17. The molecule has 1 aromatic rings. The van der Waals surface area contributed by atoms with Crippen molar-refractivity contribution in [1.82, 2.24) is 5.32 Å². The van der Waals surface area contributed by atoms with Crippen LogP contribution < -0.4 is 10.2 Å². The van der Waals surface area contributed by atoms with Crippen LogP contribution in [0.25, 0.3) is 0 Å². The predicted molar refractivity (Wildman–Crippen MR) is 82.2 cm³/mol. The molecular formula is C15H22BrFN2. The van der Waals surface area contributed by atoms with Gasteiger partial charge in [0, 0.05) is 23.6 Å². The quantitative estimate of drug-likeness (QED) is 0.907. The summed E-state index contributed by atoms with van der Waals surface area (Å²) in [5.74, 6) is 0.504. The SMILES string of the molecule is CC(C)CC1CN(c2cc(F)ccc2Br)CCCN1. The molecule has 19 heavy (non-hydrogen) atoms. The molecule has 1 aliphatic heterocycles. The summed E-state index contributed by atoms with van der Waals surface area (Å²) >= 11 is 3.53. The van der Waals surface area contributed by atoms with Gasteiger partial charge in [-0.25, -0.2) is 4.39 Å². The van der Waals surface area contributed by atoms with Gasteiger partial charge in [0.25, 0.3) is 0 Å². The molecule has 0 aliphatic carbocycles. The van der Waals surface area contributed by atoms with Crippen LogP contribution in [-0.4, -0.2) is 25.7 Å². The van der Waals surface area contributed by atoms with E-state index in [0.29, 0.717) is 12.0 Å². The number of nitrogens with one attached hydrogen (secondary N) is 1. The lowest BCUT2D eigenvalue weighted by Crippen LogP contribution is -2.38. The largest absolute Gasteiger partial charge is 0.369 e. The second-order valence-corrected chi connectivity index (χ2v) is 6.53. The molecule has 1 aliphatic rings. The summed E-state index contributed by atoms with van der Waals surface area (Å²) in [4.78, 5) is 2.29. The second kappa shape index (κ2) is 6.71. The average molecular weight is 329 g/mol. The Morgan fingerprint density at radius 3 is 3.00 bits per heavy atom. The van der Waals surface area contributed by atoms with Crippen LogP contribution in [-0.2, 0) is 0 Å². The summed E-state index contributed by atoms with van der Waals surface area (Å²) in [5, 5.41) is 3.60. The molecule has 1 unspecified atom stereocenters. The van der Waals surface area contributed by atoms with Crippen molar-refractivity contribution in [1.29, 1.82) is 0 Å². The van der Waals surface area contributed by atoms with Crippen LogP contribution in [0.4, 0.5) is 10.1 Å². The number of rotatable bonds is 3. The molecular weight excluding hydrogens is 307 g/mol. The number of anilines is 1. The van der Waals surface area contributed by atoms with Gasteiger partial charge in [-0.05, 0) is 59.4 Å². The molecule has 1 atom stereocenters. The molecule has 0 bridgehead atoms. The minimum Gasteiger partial charge on any atom is -0.369 e. The first kappa shape index (κ1) is 14.8. The van der Waals surface area contributed by atoms with Crippen molar-refractivity contribution in [3.8, 4) is 0 Å². The normalized spacial score (nSPS) is 20.7. The van der Waals surface area contributed by atoms with Gasteiger partial charge >= 0.3 is 0 Å². The zero-order valence-electron chi connectivity index (χ0n) is 11.6. The highest BCUT2D eigenvalue weighted by Crippen LogP contribution is 2.28. The highest BCUT2D eigenvalue weighted by atomic mass is 79.9. The first-order chi connectivity index (χ1) is 9.06. The smallest absolute Gasteiger partial charge is 0.125 e. The molecule has 2 nitrogen and oxygen atoms in total. The fourth-order valence-electron chi connectivity index (χ4n) is 2.67. The van der Waals surface area contributed by atoms with Crippen molar-refractivity contribution in [2.45, 2.75) is 32.7 Å². The summed E-state index contributed by atoms with van der Waals surface area (Å²) in [7, 11) is 0. The van der Waals surface area contributed by atoms with E-state index in [0.717, 1.165) is 42.6 Å². The first-order valence-corrected chi connectivity index (χ1v) is 7.79. The van der Waals surface area contributed by atoms with E-state index < -0.39 is 0 Å². The van der Waals surface area contributed by atoms with E-state index in [1.165, 1.54) is 6.07 Å². The maximum atomic E-state index is 13.4. The third-order valence-electron chi connectivity index (χ3n) is 3.48. The fraction of sp³-hybridized carbons (Fsp3) is 0.600. The zero-order valence-corrected chi connectivity index (χ0v) is 13.2. The van der Waals surface area contributed by atoms with E-state index in [1.807, 2.05) is 0 Å². The van der Waals surface area contributed by atoms with Crippen molar-refractivity contribution >= 4 is 21.6 Å². The summed E-state index contributed by atoms with van der Waals surface area (Å²) in [6.45, 7) is 7.45. The lowest BCUT2D eigenvalue weighted by Gasteiger charge is -2.28. The van der Waals surface area contributed by atoms with Gasteiger partial charge in [-0.1, -0.05) is 13.8 Å². The first-order valence-electron chi connectivity index (χ1n) is 6.99. The van der Waals surface area contributed by atoms with Gasteiger partial charge in [-0.2, -0.15) is 0 Å². The van der Waals surface area contributed by atoms with Crippen LogP contribution in [0.5, 0.6) is 0 Å². The van der Waals surface area contributed by atoms with Gasteiger partial charge in [0.2, 0.25) is 0 Å². The maximum Gasteiger partial charge on any atom is 0.125 e. The van der Waals surface area contributed by atoms with Crippen LogP contribution in [0, 0.1) is 11.7 Å². The van der Waals surface area contributed by atoms with E-state index in [1.54, 1.807) is 12.1 Å². The monoisotopic (exact) mass is 328 g/mol. The Morgan fingerprint density at radius 2 is 2.26 bits per heavy atom. The molecule has 106 valence electrons. The van der Waals surface area contributed by atoms with Gasteiger partial charge < -0.3 is 10.2 Å². The van der Waals surface area contributed by atoms with E-state index in [4.69, 9.17) is 0 Å². The Balaban J connectivity index is 2.15. The van der Waals surface area contributed by atoms with Gasteiger partial charge in [0.15, 0.2) is 0 Å². The van der Waals surface area contributed by atoms with Crippen molar-refractivity contribution in [2.75, 3.05) is 24.5 Å². The summed E-state index contributed by atoms with van der Waals surface area (Å²) < 4.78 is 14.4.